The van der Waals surface area contributed by atoms with E-state index in [-0.39, 0.29) is 17.4 Å². The van der Waals surface area contributed by atoms with Gasteiger partial charge in [0.1, 0.15) is 0 Å². The van der Waals surface area contributed by atoms with Crippen molar-refractivity contribution in [1.82, 2.24) is 9.71 Å². The first-order valence-corrected chi connectivity index (χ1v) is 13.0. The van der Waals surface area contributed by atoms with Gasteiger partial charge in [0.15, 0.2) is 0 Å². The Hall–Kier alpha value is -3.50. The molecule has 10 heteroatoms. The number of halogens is 3. The second-order valence-corrected chi connectivity index (χ2v) is 9.96. The molecule has 3 rings (SSSR count). The Labute approximate surface area is 214 Å². The summed E-state index contributed by atoms with van der Waals surface area (Å²) in [5.41, 5.74) is 2.81. The third-order valence-electron chi connectivity index (χ3n) is 5.60. The Balaban J connectivity index is 1.64. The molecule has 2 aromatic carbocycles. The summed E-state index contributed by atoms with van der Waals surface area (Å²) in [6.07, 6.45) is 3.01. The molecule has 0 saturated carbocycles. The van der Waals surface area contributed by atoms with E-state index in [4.69, 9.17) is 0 Å². The topological polar surface area (TPSA) is 85.4 Å². The molecular weight excluding hydrogens is 505 g/mol. The molecule has 6 nitrogen and oxygen atoms in total. The van der Waals surface area contributed by atoms with Gasteiger partial charge >= 0.3 is 12.1 Å². The molecule has 0 aliphatic rings. The van der Waals surface area contributed by atoms with E-state index < -0.39 is 21.8 Å². The molecule has 196 valence electrons. The molecule has 37 heavy (non-hydrogen) atoms. The molecule has 0 radical (unpaired) electrons. The van der Waals surface area contributed by atoms with E-state index in [2.05, 4.69) is 14.4 Å². The summed E-state index contributed by atoms with van der Waals surface area (Å²) < 4.78 is 70.1. The van der Waals surface area contributed by atoms with Crippen LogP contribution in [0, 0.1) is 0 Å². The van der Waals surface area contributed by atoms with Crippen molar-refractivity contribution in [2.45, 2.75) is 36.8 Å². The summed E-state index contributed by atoms with van der Waals surface area (Å²) in [6.45, 7) is 0.0849. The zero-order chi connectivity index (χ0) is 26.9. The average molecular weight is 533 g/mol. The number of unbranched alkanes of at least 4 members (excludes halogenated alkanes) is 1. The van der Waals surface area contributed by atoms with Crippen LogP contribution in [0.4, 0.5) is 13.2 Å². The predicted molar refractivity (Wildman–Crippen MR) is 134 cm³/mol. The fraction of sp³-hybridized carbons (Fsp3) is 0.259. The van der Waals surface area contributed by atoms with Gasteiger partial charge in [-0.2, -0.15) is 13.2 Å². The van der Waals surface area contributed by atoms with Crippen LogP contribution in [0.3, 0.4) is 0 Å². The lowest BCUT2D eigenvalue weighted by atomic mass is 9.96. The first-order chi connectivity index (χ1) is 17.6. The Morgan fingerprint density at radius 1 is 1.03 bits per heavy atom. The molecule has 3 aromatic rings. The zero-order valence-corrected chi connectivity index (χ0v) is 21.0. The minimum atomic E-state index is -4.53. The Morgan fingerprint density at radius 3 is 2.32 bits per heavy atom. The maximum atomic E-state index is 12.7. The van der Waals surface area contributed by atoms with Gasteiger partial charge in [0.05, 0.1) is 17.6 Å². The first kappa shape index (κ1) is 28.1. The van der Waals surface area contributed by atoms with Crippen molar-refractivity contribution in [3.05, 3.63) is 101 Å². The molecule has 1 aromatic heterocycles. The van der Waals surface area contributed by atoms with Crippen LogP contribution in [0.15, 0.2) is 84.0 Å². The lowest BCUT2D eigenvalue weighted by molar-refractivity contribution is -0.140. The number of sulfonamides is 1. The smallest absolute Gasteiger partial charge is 0.416 e. The number of allylic oxidation sites excluding steroid dienone is 1. The lowest BCUT2D eigenvalue weighted by Crippen LogP contribution is -2.26. The minimum Gasteiger partial charge on any atom is -0.469 e. The van der Waals surface area contributed by atoms with Gasteiger partial charge < -0.3 is 4.74 Å². The lowest BCUT2D eigenvalue weighted by Gasteiger charge is -2.11. The maximum Gasteiger partial charge on any atom is 0.416 e. The highest BCUT2D eigenvalue weighted by molar-refractivity contribution is 7.89. The van der Waals surface area contributed by atoms with Crippen LogP contribution in [0.5, 0.6) is 0 Å². The van der Waals surface area contributed by atoms with Gasteiger partial charge in [0.2, 0.25) is 10.0 Å². The van der Waals surface area contributed by atoms with E-state index >= 15 is 0 Å². The van der Waals surface area contributed by atoms with Crippen molar-refractivity contribution in [1.29, 1.82) is 0 Å². The van der Waals surface area contributed by atoms with E-state index in [1.54, 1.807) is 12.4 Å². The van der Waals surface area contributed by atoms with Gasteiger partial charge in [-0.15, -0.1) is 0 Å². The summed E-state index contributed by atoms with van der Waals surface area (Å²) in [5, 5.41) is 0. The van der Waals surface area contributed by atoms with Crippen molar-refractivity contribution in [2.75, 3.05) is 13.7 Å². The number of pyridine rings is 1. The molecule has 1 N–H and O–H groups in total. The first-order valence-electron chi connectivity index (χ1n) is 11.5. The minimum absolute atomic E-state index is 0.0849. The van der Waals surface area contributed by atoms with Crippen LogP contribution in [-0.2, 0) is 32.2 Å². The van der Waals surface area contributed by atoms with E-state index in [9.17, 15) is 26.4 Å². The highest BCUT2D eigenvalue weighted by Crippen LogP contribution is 2.29. The van der Waals surface area contributed by atoms with Crippen molar-refractivity contribution < 1.29 is 31.1 Å². The standard InChI is InChI=1S/C27H27F3N2O4S/c1-36-26(33)7-3-2-6-25(22-5-4-17-31-19-22)21-10-8-20(9-11-21)16-18-32-37(34,35)24-14-12-23(13-15-24)27(28,29)30/h4-6,8-15,17,19,32H,2-3,7,16,18H2,1H3/b25-6+. The number of rotatable bonds is 11. The highest BCUT2D eigenvalue weighted by Gasteiger charge is 2.30. The number of esters is 1. The average Bonchev–Trinajstić information content (AvgIpc) is 2.89. The number of nitrogens with zero attached hydrogens (tertiary/aromatic N) is 1. The van der Waals surface area contributed by atoms with Gasteiger partial charge in [0.25, 0.3) is 0 Å². The quantitative estimate of drug-likeness (QED) is 0.264. The molecule has 0 saturated heterocycles. The van der Waals surface area contributed by atoms with E-state index in [1.165, 1.54) is 7.11 Å². The Bertz CT molecular complexity index is 1310. The maximum absolute atomic E-state index is 12.7. The number of hydrogen-bond acceptors (Lipinski definition) is 5. The number of ether oxygens (including phenoxy) is 1. The summed E-state index contributed by atoms with van der Waals surface area (Å²) in [5.74, 6) is -0.255. The number of carbonyl (C=O) groups is 1. The summed E-state index contributed by atoms with van der Waals surface area (Å²) in [4.78, 5) is 15.3. The number of aromatic nitrogens is 1. The molecule has 0 aliphatic heterocycles. The van der Waals surface area contributed by atoms with E-state index in [0.717, 1.165) is 46.5 Å². The molecular formula is C27H27F3N2O4S. The largest absolute Gasteiger partial charge is 0.469 e. The number of carbonyl (C=O) groups excluding carboxylic acids is 1. The number of hydrogen-bond donors (Lipinski definition) is 1. The fourth-order valence-electron chi connectivity index (χ4n) is 3.61. The van der Waals surface area contributed by atoms with Gasteiger partial charge in [-0.3, -0.25) is 9.78 Å². The van der Waals surface area contributed by atoms with Crippen LogP contribution in [0.1, 0.15) is 41.5 Å². The third kappa shape index (κ3) is 8.26. The number of benzene rings is 2. The van der Waals surface area contributed by atoms with Gasteiger partial charge in [-0.1, -0.05) is 36.4 Å². The van der Waals surface area contributed by atoms with Crippen LogP contribution >= 0.6 is 0 Å². The van der Waals surface area contributed by atoms with Gasteiger partial charge in [-0.25, -0.2) is 13.1 Å². The second-order valence-electron chi connectivity index (χ2n) is 8.19. The summed E-state index contributed by atoms with van der Waals surface area (Å²) >= 11 is 0. The predicted octanol–water partition coefficient (Wildman–Crippen LogP) is 5.40. The molecule has 0 amide bonds. The van der Waals surface area contributed by atoms with Crippen molar-refractivity contribution in [3.63, 3.8) is 0 Å². The SMILES string of the molecule is COC(=O)CCC/C=C(\c1ccc(CCNS(=O)(=O)c2ccc(C(F)(F)F)cc2)cc1)c1cccnc1. The molecule has 0 bridgehead atoms. The molecule has 0 unspecified atom stereocenters. The second kappa shape index (κ2) is 12.6. The van der Waals surface area contributed by atoms with Gasteiger partial charge in [0, 0.05) is 30.9 Å². The normalized spacial score (nSPS) is 12.4. The number of methoxy groups -OCH3 is 1. The van der Waals surface area contributed by atoms with Crippen LogP contribution in [-0.4, -0.2) is 33.0 Å². The number of alkyl halides is 3. The zero-order valence-electron chi connectivity index (χ0n) is 20.2. The van der Waals surface area contributed by atoms with Crippen LogP contribution in [0.25, 0.3) is 5.57 Å². The molecule has 0 spiro atoms. The van der Waals surface area contributed by atoms with Crippen LogP contribution < -0.4 is 4.72 Å². The van der Waals surface area contributed by atoms with Crippen molar-refractivity contribution in [2.24, 2.45) is 0 Å². The summed E-state index contributed by atoms with van der Waals surface area (Å²) in [6, 6.07) is 14.8. The summed E-state index contributed by atoms with van der Waals surface area (Å²) in [7, 11) is -2.58. The van der Waals surface area contributed by atoms with Crippen molar-refractivity contribution >= 4 is 21.6 Å². The van der Waals surface area contributed by atoms with Crippen LogP contribution in [0.2, 0.25) is 0 Å². The van der Waals surface area contributed by atoms with Crippen molar-refractivity contribution in [3.8, 4) is 0 Å². The Kier molecular flexibility index (Phi) is 9.60. The third-order valence-corrected chi connectivity index (χ3v) is 7.07. The monoisotopic (exact) mass is 532 g/mol. The van der Waals surface area contributed by atoms with Gasteiger partial charge in [-0.05, 0) is 66.3 Å². The fourth-order valence-corrected chi connectivity index (χ4v) is 4.64. The number of nitrogens with one attached hydrogen (secondary N) is 1. The Morgan fingerprint density at radius 2 is 1.73 bits per heavy atom. The molecule has 1 heterocycles. The molecule has 0 atom stereocenters. The van der Waals surface area contributed by atoms with E-state index in [1.807, 2.05) is 42.5 Å². The van der Waals surface area contributed by atoms with E-state index in [0.29, 0.717) is 25.7 Å². The molecule has 0 fully saturated rings. The highest BCUT2D eigenvalue weighted by atomic mass is 32.2. The molecule has 0 aliphatic carbocycles.